The summed E-state index contributed by atoms with van der Waals surface area (Å²) in [7, 11) is 2.01. The van der Waals surface area contributed by atoms with Crippen molar-refractivity contribution in [3.63, 3.8) is 0 Å². The van der Waals surface area contributed by atoms with E-state index >= 15 is 4.39 Å². The van der Waals surface area contributed by atoms with Gasteiger partial charge in [-0.05, 0) is 55.8 Å². The van der Waals surface area contributed by atoms with E-state index in [1.807, 2.05) is 11.9 Å². The number of alkyl halides is 3. The summed E-state index contributed by atoms with van der Waals surface area (Å²) < 4.78 is 56.4. The highest BCUT2D eigenvalue weighted by molar-refractivity contribution is 6.09. The number of likely N-dealkylation sites (N-methyl/N-ethyl adjacent to an activating group) is 1. The molecular formula is C28H30F4N6O. The van der Waals surface area contributed by atoms with E-state index in [-0.39, 0.29) is 16.9 Å². The third kappa shape index (κ3) is 5.78. The predicted octanol–water partition coefficient (Wildman–Crippen LogP) is 4.67. The molecule has 5 rings (SSSR count). The van der Waals surface area contributed by atoms with Crippen molar-refractivity contribution in [1.82, 2.24) is 15.2 Å². The zero-order valence-electron chi connectivity index (χ0n) is 21.6. The van der Waals surface area contributed by atoms with Gasteiger partial charge in [-0.15, -0.1) is 0 Å². The predicted molar refractivity (Wildman–Crippen MR) is 144 cm³/mol. The first-order valence-electron chi connectivity index (χ1n) is 12.9. The Labute approximate surface area is 224 Å². The van der Waals surface area contributed by atoms with Crippen LogP contribution in [0.15, 0.2) is 66.0 Å². The SMILES string of the molecule is C=C1C=C(C(F)(F)F)C(C(=O)Nc2cc(-c3ccc(N4CCCC4)nc3F)ccc2N2CCN(C)CC2)=CN1. The van der Waals surface area contributed by atoms with Crippen LogP contribution in [0.5, 0.6) is 0 Å². The van der Waals surface area contributed by atoms with Crippen LogP contribution in [0.3, 0.4) is 0 Å². The molecule has 1 amide bonds. The number of carbonyl (C=O) groups excluding carboxylic acids is 1. The summed E-state index contributed by atoms with van der Waals surface area (Å²) in [5, 5.41) is 5.25. The zero-order chi connectivity index (χ0) is 27.7. The Bertz CT molecular complexity index is 1340. The summed E-state index contributed by atoms with van der Waals surface area (Å²) >= 11 is 0. The second-order valence-corrected chi connectivity index (χ2v) is 9.96. The number of pyridine rings is 1. The molecule has 0 spiro atoms. The number of dihydropyridines is 1. The van der Waals surface area contributed by atoms with Crippen molar-refractivity contribution in [2.75, 3.05) is 61.4 Å². The molecule has 0 radical (unpaired) electrons. The number of benzene rings is 1. The Hall–Kier alpha value is -3.86. The lowest BCUT2D eigenvalue weighted by molar-refractivity contribution is -0.115. The molecule has 1 aromatic heterocycles. The van der Waals surface area contributed by atoms with Crippen LogP contribution < -0.4 is 20.4 Å². The minimum Gasteiger partial charge on any atom is -0.367 e. The van der Waals surface area contributed by atoms with Gasteiger partial charge in [0.25, 0.3) is 5.91 Å². The third-order valence-corrected chi connectivity index (χ3v) is 7.22. The molecule has 0 bridgehead atoms. The number of carbonyl (C=O) groups is 1. The smallest absolute Gasteiger partial charge is 0.367 e. The minimum absolute atomic E-state index is 0.0272. The first-order valence-corrected chi connectivity index (χ1v) is 12.9. The van der Waals surface area contributed by atoms with Crippen LogP contribution in [0.2, 0.25) is 0 Å². The van der Waals surface area contributed by atoms with Gasteiger partial charge in [0.2, 0.25) is 5.95 Å². The molecule has 0 aliphatic carbocycles. The van der Waals surface area contributed by atoms with Crippen molar-refractivity contribution in [1.29, 1.82) is 0 Å². The summed E-state index contributed by atoms with van der Waals surface area (Å²) in [6.45, 7) is 8.05. The number of halogens is 4. The van der Waals surface area contributed by atoms with Crippen LogP contribution in [-0.2, 0) is 4.79 Å². The molecule has 1 aromatic carbocycles. The van der Waals surface area contributed by atoms with E-state index < -0.39 is 29.2 Å². The van der Waals surface area contributed by atoms with Gasteiger partial charge in [0.1, 0.15) is 5.82 Å². The molecule has 11 heteroatoms. The van der Waals surface area contributed by atoms with Gasteiger partial charge in [-0.2, -0.15) is 17.6 Å². The Morgan fingerprint density at radius 2 is 1.74 bits per heavy atom. The maximum Gasteiger partial charge on any atom is 0.417 e. The van der Waals surface area contributed by atoms with E-state index in [0.29, 0.717) is 30.2 Å². The number of nitrogens with one attached hydrogen (secondary N) is 2. The fourth-order valence-corrected chi connectivity index (χ4v) is 5.04. The third-order valence-electron chi connectivity index (χ3n) is 7.22. The fourth-order valence-electron chi connectivity index (χ4n) is 5.04. The summed E-state index contributed by atoms with van der Waals surface area (Å²) in [6.07, 6.45) is -0.876. The number of hydrogen-bond acceptors (Lipinski definition) is 6. The second-order valence-electron chi connectivity index (χ2n) is 9.96. The molecule has 39 heavy (non-hydrogen) atoms. The highest BCUT2D eigenvalue weighted by Crippen LogP contribution is 2.37. The van der Waals surface area contributed by atoms with Gasteiger partial charge in [-0.1, -0.05) is 12.6 Å². The van der Waals surface area contributed by atoms with Crippen LogP contribution in [0.4, 0.5) is 34.8 Å². The standard InChI is InChI=1S/C28H30F4N6O/c1-18-15-22(28(30,31)32)21(17-33-18)27(39)34-23-16-19(5-7-24(23)37-13-11-36(2)12-14-37)20-6-8-25(35-26(20)29)38-9-3-4-10-38/h5-8,15-17,33H,1,3-4,9-14H2,2H3,(H,34,39). The van der Waals surface area contributed by atoms with Gasteiger partial charge in [-0.25, -0.2) is 4.98 Å². The fraction of sp³-hybridized carbons (Fsp3) is 0.357. The number of aromatic nitrogens is 1. The number of nitrogens with zero attached hydrogens (tertiary/aromatic N) is 4. The maximum absolute atomic E-state index is 15.2. The van der Waals surface area contributed by atoms with Crippen molar-refractivity contribution in [2.24, 2.45) is 0 Å². The number of piperazine rings is 1. The molecule has 2 saturated heterocycles. The highest BCUT2D eigenvalue weighted by atomic mass is 19.4. The average molecular weight is 543 g/mol. The van der Waals surface area contributed by atoms with Crippen molar-refractivity contribution in [3.8, 4) is 11.1 Å². The van der Waals surface area contributed by atoms with Crippen LogP contribution in [0.1, 0.15) is 12.8 Å². The summed E-state index contributed by atoms with van der Waals surface area (Å²) in [5.41, 5.74) is 0.00650. The average Bonchev–Trinajstić information content (AvgIpc) is 3.44. The van der Waals surface area contributed by atoms with Gasteiger partial charge in [0.15, 0.2) is 0 Å². The molecule has 2 N–H and O–H groups in total. The van der Waals surface area contributed by atoms with Crippen molar-refractivity contribution >= 4 is 23.1 Å². The van der Waals surface area contributed by atoms with E-state index in [9.17, 15) is 18.0 Å². The van der Waals surface area contributed by atoms with E-state index in [1.165, 1.54) is 0 Å². The Morgan fingerprint density at radius 3 is 2.41 bits per heavy atom. The van der Waals surface area contributed by atoms with E-state index in [0.717, 1.165) is 51.3 Å². The molecular weight excluding hydrogens is 512 g/mol. The molecule has 7 nitrogen and oxygen atoms in total. The molecule has 206 valence electrons. The van der Waals surface area contributed by atoms with E-state index in [1.54, 1.807) is 30.3 Å². The molecule has 2 fully saturated rings. The molecule has 4 heterocycles. The highest BCUT2D eigenvalue weighted by Gasteiger charge is 2.40. The lowest BCUT2D eigenvalue weighted by atomic mass is 10.0. The van der Waals surface area contributed by atoms with Gasteiger partial charge in [0, 0.05) is 56.7 Å². The van der Waals surface area contributed by atoms with Crippen molar-refractivity contribution < 1.29 is 22.4 Å². The Morgan fingerprint density at radius 1 is 1.03 bits per heavy atom. The lowest BCUT2D eigenvalue weighted by Gasteiger charge is -2.35. The van der Waals surface area contributed by atoms with Gasteiger partial charge in [0.05, 0.1) is 22.5 Å². The molecule has 0 atom stereocenters. The molecule has 2 aromatic rings. The van der Waals surface area contributed by atoms with Gasteiger partial charge < -0.3 is 25.3 Å². The van der Waals surface area contributed by atoms with Crippen LogP contribution in [0, 0.1) is 5.95 Å². The van der Waals surface area contributed by atoms with Gasteiger partial charge in [-0.3, -0.25) is 4.79 Å². The van der Waals surface area contributed by atoms with Gasteiger partial charge >= 0.3 is 6.18 Å². The summed E-state index contributed by atoms with van der Waals surface area (Å²) in [6, 6.07) is 8.51. The lowest BCUT2D eigenvalue weighted by Crippen LogP contribution is -2.44. The molecule has 0 saturated carbocycles. The Kier molecular flexibility index (Phi) is 7.35. The first-order chi connectivity index (χ1) is 18.6. The Balaban J connectivity index is 1.49. The molecule has 3 aliphatic rings. The normalized spacial score (nSPS) is 18.5. The quantitative estimate of drug-likeness (QED) is 0.423. The largest absolute Gasteiger partial charge is 0.417 e. The number of amides is 1. The minimum atomic E-state index is -4.75. The van der Waals surface area contributed by atoms with Crippen molar-refractivity contribution in [2.45, 2.75) is 19.0 Å². The molecule has 3 aliphatic heterocycles. The number of hydrogen-bond donors (Lipinski definition) is 2. The first kappa shape index (κ1) is 26.7. The summed E-state index contributed by atoms with van der Waals surface area (Å²) in [4.78, 5) is 23.6. The zero-order valence-corrected chi connectivity index (χ0v) is 21.6. The van der Waals surface area contributed by atoms with E-state index in [2.05, 4.69) is 32.0 Å². The number of allylic oxidation sites excluding steroid dienone is 1. The topological polar surface area (TPSA) is 63.7 Å². The van der Waals surface area contributed by atoms with Crippen LogP contribution in [-0.4, -0.2) is 68.3 Å². The monoisotopic (exact) mass is 542 g/mol. The van der Waals surface area contributed by atoms with Crippen molar-refractivity contribution in [3.05, 3.63) is 72.0 Å². The van der Waals surface area contributed by atoms with Crippen LogP contribution >= 0.6 is 0 Å². The maximum atomic E-state index is 15.2. The second kappa shape index (κ2) is 10.7. The number of rotatable bonds is 5. The molecule has 0 unspecified atom stereocenters. The van der Waals surface area contributed by atoms with E-state index in [4.69, 9.17) is 0 Å². The summed E-state index contributed by atoms with van der Waals surface area (Å²) in [5.74, 6) is -1.01. The number of anilines is 3. The van der Waals surface area contributed by atoms with Crippen LogP contribution in [0.25, 0.3) is 11.1 Å².